The third kappa shape index (κ3) is 5.61. The number of aryl methyl sites for hydroxylation is 1. The predicted octanol–water partition coefficient (Wildman–Crippen LogP) is 2.63. The van der Waals surface area contributed by atoms with Crippen molar-refractivity contribution in [1.29, 1.82) is 5.26 Å². The van der Waals surface area contributed by atoms with Crippen LogP contribution in [0.3, 0.4) is 0 Å². The second-order valence-electron chi connectivity index (χ2n) is 5.71. The van der Waals surface area contributed by atoms with Gasteiger partial charge in [0, 0.05) is 0 Å². The average molecular weight is 380 g/mol. The zero-order chi connectivity index (χ0) is 20.5. The summed E-state index contributed by atoms with van der Waals surface area (Å²) in [4.78, 5) is 23.2. The number of carbonyl (C=O) groups is 2. The van der Waals surface area contributed by atoms with E-state index in [1.54, 1.807) is 18.2 Å². The van der Waals surface area contributed by atoms with Crippen molar-refractivity contribution < 1.29 is 23.8 Å². The van der Waals surface area contributed by atoms with E-state index in [0.717, 1.165) is 12.0 Å². The maximum absolute atomic E-state index is 12.1. The van der Waals surface area contributed by atoms with Crippen LogP contribution in [0.25, 0.3) is 6.08 Å². The second kappa shape index (κ2) is 9.78. The normalized spacial score (nSPS) is 10.7. The van der Waals surface area contributed by atoms with Gasteiger partial charge < -0.3 is 19.9 Å². The van der Waals surface area contributed by atoms with E-state index in [1.165, 1.54) is 25.3 Å². The first-order valence-corrected chi connectivity index (χ1v) is 8.48. The first kappa shape index (κ1) is 20.5. The van der Waals surface area contributed by atoms with E-state index in [0.29, 0.717) is 11.3 Å². The van der Waals surface area contributed by atoms with Crippen LogP contribution in [0.2, 0.25) is 0 Å². The van der Waals surface area contributed by atoms with Crippen molar-refractivity contribution >= 4 is 18.0 Å². The van der Waals surface area contributed by atoms with Crippen LogP contribution in [0, 0.1) is 11.3 Å². The van der Waals surface area contributed by atoms with Crippen molar-refractivity contribution in [2.45, 2.75) is 13.3 Å². The van der Waals surface area contributed by atoms with Gasteiger partial charge in [0.05, 0.1) is 7.11 Å². The zero-order valence-corrected chi connectivity index (χ0v) is 15.6. The fourth-order valence-electron chi connectivity index (χ4n) is 2.33. The number of primary amides is 1. The van der Waals surface area contributed by atoms with Crippen molar-refractivity contribution in [2.24, 2.45) is 5.73 Å². The third-order valence-corrected chi connectivity index (χ3v) is 3.77. The fraction of sp³-hybridized carbons (Fsp3) is 0.190. The van der Waals surface area contributed by atoms with Gasteiger partial charge in [0.1, 0.15) is 17.4 Å². The number of hydrogen-bond acceptors (Lipinski definition) is 6. The van der Waals surface area contributed by atoms with Gasteiger partial charge in [0.25, 0.3) is 5.91 Å². The number of methoxy groups -OCH3 is 1. The van der Waals surface area contributed by atoms with E-state index in [4.69, 9.17) is 25.2 Å². The topological polar surface area (TPSA) is 112 Å². The highest BCUT2D eigenvalue weighted by molar-refractivity contribution is 6.00. The van der Waals surface area contributed by atoms with Gasteiger partial charge in [-0.1, -0.05) is 25.1 Å². The Labute approximate surface area is 162 Å². The summed E-state index contributed by atoms with van der Waals surface area (Å²) in [7, 11) is 1.41. The molecule has 2 rings (SSSR count). The summed E-state index contributed by atoms with van der Waals surface area (Å²) < 4.78 is 16.0. The Hall–Kier alpha value is -3.79. The Kier molecular flexibility index (Phi) is 7.17. The highest BCUT2D eigenvalue weighted by Gasteiger charge is 2.12. The minimum atomic E-state index is -0.832. The Balaban J connectivity index is 2.07. The Bertz CT molecular complexity index is 944. The molecule has 0 aliphatic rings. The lowest BCUT2D eigenvalue weighted by molar-refractivity contribution is -0.136. The van der Waals surface area contributed by atoms with Crippen LogP contribution in [0.4, 0.5) is 0 Å². The number of nitriles is 1. The van der Waals surface area contributed by atoms with Crippen molar-refractivity contribution in [3.63, 3.8) is 0 Å². The summed E-state index contributed by atoms with van der Waals surface area (Å²) in [5.41, 5.74) is 6.52. The highest BCUT2D eigenvalue weighted by atomic mass is 16.6. The van der Waals surface area contributed by atoms with Crippen LogP contribution < -0.4 is 19.9 Å². The minimum Gasteiger partial charge on any atom is -0.493 e. The molecule has 2 N–H and O–H groups in total. The first-order chi connectivity index (χ1) is 13.5. The number of nitrogens with two attached hydrogens (primary N) is 1. The molecular weight excluding hydrogens is 360 g/mol. The third-order valence-electron chi connectivity index (χ3n) is 3.77. The fourth-order valence-corrected chi connectivity index (χ4v) is 2.33. The van der Waals surface area contributed by atoms with Crippen LogP contribution in [0.1, 0.15) is 18.1 Å². The van der Waals surface area contributed by atoms with Gasteiger partial charge in [-0.05, 0) is 47.9 Å². The molecule has 2 aromatic carbocycles. The molecule has 0 aromatic heterocycles. The SMILES string of the molecule is CCc1cccc(OCC(=O)Oc2ccc(/C=C(\C#N)C(N)=O)cc2OC)c1. The molecule has 0 aliphatic heterocycles. The van der Waals surface area contributed by atoms with Gasteiger partial charge in [-0.2, -0.15) is 5.26 Å². The molecule has 144 valence electrons. The molecule has 7 heteroatoms. The van der Waals surface area contributed by atoms with Crippen LogP contribution in [-0.4, -0.2) is 25.6 Å². The number of benzene rings is 2. The number of amides is 1. The number of carbonyl (C=O) groups excluding carboxylic acids is 2. The summed E-state index contributed by atoms with van der Waals surface area (Å²) >= 11 is 0. The molecule has 0 radical (unpaired) electrons. The average Bonchev–Trinajstić information content (AvgIpc) is 2.71. The molecule has 0 unspecified atom stereocenters. The molecule has 1 amide bonds. The Morgan fingerprint density at radius 2 is 1.96 bits per heavy atom. The van der Waals surface area contributed by atoms with Gasteiger partial charge in [-0.15, -0.1) is 0 Å². The van der Waals surface area contributed by atoms with Crippen molar-refractivity contribution in [3.8, 4) is 23.3 Å². The molecule has 0 atom stereocenters. The molecule has 0 saturated carbocycles. The van der Waals surface area contributed by atoms with E-state index in [9.17, 15) is 9.59 Å². The van der Waals surface area contributed by atoms with Gasteiger partial charge in [0.2, 0.25) is 0 Å². The van der Waals surface area contributed by atoms with Crippen molar-refractivity contribution in [3.05, 3.63) is 59.2 Å². The van der Waals surface area contributed by atoms with E-state index in [-0.39, 0.29) is 23.7 Å². The molecule has 7 nitrogen and oxygen atoms in total. The van der Waals surface area contributed by atoms with Crippen LogP contribution in [0.15, 0.2) is 48.0 Å². The molecule has 0 bridgehead atoms. The quantitative estimate of drug-likeness (QED) is 0.326. The molecular formula is C21H20N2O5. The first-order valence-electron chi connectivity index (χ1n) is 8.48. The van der Waals surface area contributed by atoms with Gasteiger partial charge in [0.15, 0.2) is 18.1 Å². The van der Waals surface area contributed by atoms with Gasteiger partial charge in [-0.3, -0.25) is 4.79 Å². The summed E-state index contributed by atoms with van der Waals surface area (Å²) in [6, 6.07) is 13.8. The molecule has 0 aliphatic carbocycles. The van der Waals surface area contributed by atoms with Gasteiger partial charge in [-0.25, -0.2) is 4.79 Å². The van der Waals surface area contributed by atoms with Crippen molar-refractivity contribution in [1.82, 2.24) is 0 Å². The van der Waals surface area contributed by atoms with Gasteiger partial charge >= 0.3 is 5.97 Å². The van der Waals surface area contributed by atoms with Crippen LogP contribution in [-0.2, 0) is 16.0 Å². The highest BCUT2D eigenvalue weighted by Crippen LogP contribution is 2.29. The molecule has 0 fully saturated rings. The number of rotatable bonds is 8. The summed E-state index contributed by atoms with van der Waals surface area (Å²) in [5.74, 6) is -0.399. The maximum Gasteiger partial charge on any atom is 0.349 e. The Morgan fingerprint density at radius 3 is 2.61 bits per heavy atom. The lowest BCUT2D eigenvalue weighted by atomic mass is 10.1. The summed E-state index contributed by atoms with van der Waals surface area (Å²) in [6.45, 7) is 1.76. The van der Waals surface area contributed by atoms with E-state index >= 15 is 0 Å². The number of esters is 1. The molecule has 0 saturated heterocycles. The smallest absolute Gasteiger partial charge is 0.349 e. The largest absolute Gasteiger partial charge is 0.493 e. The lowest BCUT2D eigenvalue weighted by Gasteiger charge is -2.11. The summed E-state index contributed by atoms with van der Waals surface area (Å²) in [6.07, 6.45) is 2.18. The zero-order valence-electron chi connectivity index (χ0n) is 15.6. The number of nitrogens with zero attached hydrogens (tertiary/aromatic N) is 1. The monoisotopic (exact) mass is 380 g/mol. The van der Waals surface area contributed by atoms with Crippen molar-refractivity contribution in [2.75, 3.05) is 13.7 Å². The molecule has 28 heavy (non-hydrogen) atoms. The maximum atomic E-state index is 12.1. The molecule has 2 aromatic rings. The number of hydrogen-bond donors (Lipinski definition) is 1. The van der Waals surface area contributed by atoms with E-state index < -0.39 is 11.9 Å². The second-order valence-corrected chi connectivity index (χ2v) is 5.71. The lowest BCUT2D eigenvalue weighted by Crippen LogP contribution is -2.18. The van der Waals surface area contributed by atoms with E-state index in [2.05, 4.69) is 0 Å². The predicted molar refractivity (Wildman–Crippen MR) is 103 cm³/mol. The number of ether oxygens (including phenoxy) is 3. The van der Waals surface area contributed by atoms with Crippen LogP contribution in [0.5, 0.6) is 17.2 Å². The van der Waals surface area contributed by atoms with E-state index in [1.807, 2.05) is 25.1 Å². The van der Waals surface area contributed by atoms with Crippen LogP contribution >= 0.6 is 0 Å². The molecule has 0 heterocycles. The standard InChI is InChI=1S/C21H20N2O5/c1-3-14-5-4-6-17(10-14)27-13-20(24)28-18-8-7-15(11-19(18)26-2)9-16(12-22)21(23)25/h4-11H,3,13H2,1-2H3,(H2,23,25)/b16-9+. The summed E-state index contributed by atoms with van der Waals surface area (Å²) in [5, 5.41) is 8.91. The minimum absolute atomic E-state index is 0.188. The molecule has 0 spiro atoms. The Morgan fingerprint density at radius 1 is 1.18 bits per heavy atom.